The molecule has 0 atom stereocenters. The van der Waals surface area contributed by atoms with Gasteiger partial charge in [-0.15, -0.1) is 24.0 Å². The molecule has 0 aromatic rings. The molecule has 1 aliphatic rings. The van der Waals surface area contributed by atoms with Crippen LogP contribution in [0.3, 0.4) is 0 Å². The highest BCUT2D eigenvalue weighted by molar-refractivity contribution is 14.0. The van der Waals surface area contributed by atoms with Crippen molar-refractivity contribution < 1.29 is 4.74 Å². The standard InChI is InChI=1S/C17H36N4O.HI/c1-5-18-16(19-12-13-21(6-2)7-3)20-15-17(9-8-10-17)11-14-22-4;/h5-15H2,1-4H3,(H2,18,19,20);1H. The number of halogens is 1. The van der Waals surface area contributed by atoms with E-state index in [2.05, 4.69) is 36.3 Å². The maximum atomic E-state index is 5.26. The molecule has 23 heavy (non-hydrogen) atoms. The molecule has 0 saturated heterocycles. The van der Waals surface area contributed by atoms with Crippen LogP contribution in [0.5, 0.6) is 0 Å². The first-order valence-electron chi connectivity index (χ1n) is 8.93. The van der Waals surface area contributed by atoms with Crippen LogP contribution in [0.4, 0.5) is 0 Å². The third-order valence-corrected chi connectivity index (χ3v) is 4.78. The molecule has 0 heterocycles. The van der Waals surface area contributed by atoms with Crippen LogP contribution in [-0.4, -0.2) is 63.8 Å². The number of hydrogen-bond donors (Lipinski definition) is 2. The van der Waals surface area contributed by atoms with Crippen LogP contribution in [-0.2, 0) is 4.74 Å². The van der Waals surface area contributed by atoms with Crippen molar-refractivity contribution >= 4 is 29.9 Å². The van der Waals surface area contributed by atoms with Gasteiger partial charge in [0.15, 0.2) is 5.96 Å². The highest BCUT2D eigenvalue weighted by Crippen LogP contribution is 2.44. The zero-order chi connectivity index (χ0) is 16.3. The second-order valence-electron chi connectivity index (χ2n) is 6.25. The van der Waals surface area contributed by atoms with Gasteiger partial charge in [-0.05, 0) is 44.7 Å². The van der Waals surface area contributed by atoms with Crippen LogP contribution in [0.2, 0.25) is 0 Å². The topological polar surface area (TPSA) is 48.9 Å². The van der Waals surface area contributed by atoms with Crippen molar-refractivity contribution in [1.82, 2.24) is 15.5 Å². The Balaban J connectivity index is 0.00000484. The molecule has 1 aliphatic carbocycles. The van der Waals surface area contributed by atoms with Crippen molar-refractivity contribution in [1.29, 1.82) is 0 Å². The van der Waals surface area contributed by atoms with E-state index in [1.165, 1.54) is 19.3 Å². The molecular formula is C17H37IN4O. The predicted molar refractivity (Wildman–Crippen MR) is 110 cm³/mol. The van der Waals surface area contributed by atoms with Gasteiger partial charge >= 0.3 is 0 Å². The van der Waals surface area contributed by atoms with E-state index < -0.39 is 0 Å². The van der Waals surface area contributed by atoms with Crippen molar-refractivity contribution in [2.75, 3.05) is 53.0 Å². The predicted octanol–water partition coefficient (Wildman–Crippen LogP) is 2.71. The zero-order valence-corrected chi connectivity index (χ0v) is 17.8. The lowest BCUT2D eigenvalue weighted by Crippen LogP contribution is -2.43. The molecule has 0 aromatic heterocycles. The van der Waals surface area contributed by atoms with Gasteiger partial charge in [0.1, 0.15) is 0 Å². The summed E-state index contributed by atoms with van der Waals surface area (Å²) in [6.45, 7) is 13.4. The third kappa shape index (κ3) is 8.54. The van der Waals surface area contributed by atoms with E-state index in [1.807, 2.05) is 0 Å². The summed E-state index contributed by atoms with van der Waals surface area (Å²) in [5, 5.41) is 6.82. The molecule has 0 amide bonds. The van der Waals surface area contributed by atoms with Crippen molar-refractivity contribution in [2.45, 2.75) is 46.5 Å². The summed E-state index contributed by atoms with van der Waals surface area (Å²) >= 11 is 0. The maximum absolute atomic E-state index is 5.26. The number of nitrogens with zero attached hydrogens (tertiary/aromatic N) is 2. The summed E-state index contributed by atoms with van der Waals surface area (Å²) in [5.41, 5.74) is 0.386. The summed E-state index contributed by atoms with van der Waals surface area (Å²) in [4.78, 5) is 7.25. The Labute approximate surface area is 160 Å². The number of methoxy groups -OCH3 is 1. The Hall–Kier alpha value is -0.0800. The number of likely N-dealkylation sites (N-methyl/N-ethyl adjacent to an activating group) is 1. The van der Waals surface area contributed by atoms with Gasteiger partial charge in [-0.25, -0.2) is 0 Å². The molecular weight excluding hydrogens is 403 g/mol. The van der Waals surface area contributed by atoms with E-state index in [-0.39, 0.29) is 24.0 Å². The lowest BCUT2D eigenvalue weighted by atomic mass is 9.67. The fraction of sp³-hybridized carbons (Fsp3) is 0.941. The largest absolute Gasteiger partial charge is 0.385 e. The number of nitrogens with one attached hydrogen (secondary N) is 2. The van der Waals surface area contributed by atoms with Crippen molar-refractivity contribution in [3.8, 4) is 0 Å². The van der Waals surface area contributed by atoms with Crippen LogP contribution in [0.25, 0.3) is 0 Å². The molecule has 6 heteroatoms. The molecule has 0 unspecified atom stereocenters. The van der Waals surface area contributed by atoms with Crippen molar-refractivity contribution in [3.05, 3.63) is 0 Å². The summed E-state index contributed by atoms with van der Waals surface area (Å²) in [7, 11) is 1.79. The summed E-state index contributed by atoms with van der Waals surface area (Å²) < 4.78 is 5.26. The van der Waals surface area contributed by atoms with Crippen LogP contribution in [0.1, 0.15) is 46.5 Å². The highest BCUT2D eigenvalue weighted by atomic mass is 127. The lowest BCUT2D eigenvalue weighted by molar-refractivity contribution is 0.0778. The molecule has 1 rings (SSSR count). The minimum Gasteiger partial charge on any atom is -0.385 e. The van der Waals surface area contributed by atoms with Gasteiger partial charge in [-0.3, -0.25) is 4.99 Å². The number of ether oxygens (including phenoxy) is 1. The van der Waals surface area contributed by atoms with Gasteiger partial charge in [-0.1, -0.05) is 20.3 Å². The van der Waals surface area contributed by atoms with Gasteiger partial charge in [0, 0.05) is 39.9 Å². The second kappa shape index (κ2) is 13.2. The normalized spacial score (nSPS) is 16.7. The van der Waals surface area contributed by atoms with Crippen molar-refractivity contribution in [3.63, 3.8) is 0 Å². The van der Waals surface area contributed by atoms with E-state index in [4.69, 9.17) is 9.73 Å². The number of hydrogen-bond acceptors (Lipinski definition) is 3. The molecule has 1 saturated carbocycles. The van der Waals surface area contributed by atoms with Gasteiger partial charge in [-0.2, -0.15) is 0 Å². The average Bonchev–Trinajstić information content (AvgIpc) is 2.50. The fourth-order valence-electron chi connectivity index (χ4n) is 2.94. The minimum absolute atomic E-state index is 0. The number of rotatable bonds is 11. The van der Waals surface area contributed by atoms with Crippen LogP contribution >= 0.6 is 24.0 Å². The van der Waals surface area contributed by atoms with E-state index in [0.717, 1.165) is 58.3 Å². The lowest BCUT2D eigenvalue weighted by Gasteiger charge is -2.40. The Morgan fingerprint density at radius 1 is 1.17 bits per heavy atom. The smallest absolute Gasteiger partial charge is 0.191 e. The summed E-state index contributed by atoms with van der Waals surface area (Å²) in [6.07, 6.45) is 5.05. The monoisotopic (exact) mass is 440 g/mol. The first kappa shape index (κ1) is 22.9. The SMILES string of the molecule is CCNC(=NCC1(CCOC)CCC1)NCCN(CC)CC.I. The van der Waals surface area contributed by atoms with E-state index in [9.17, 15) is 0 Å². The average molecular weight is 440 g/mol. The minimum atomic E-state index is 0. The van der Waals surface area contributed by atoms with Gasteiger partial charge in [0.25, 0.3) is 0 Å². The molecule has 2 N–H and O–H groups in total. The first-order chi connectivity index (χ1) is 10.7. The van der Waals surface area contributed by atoms with E-state index in [1.54, 1.807) is 7.11 Å². The zero-order valence-electron chi connectivity index (χ0n) is 15.5. The van der Waals surface area contributed by atoms with Gasteiger partial charge in [0.05, 0.1) is 0 Å². The Morgan fingerprint density at radius 2 is 1.87 bits per heavy atom. The Bertz CT molecular complexity index is 318. The van der Waals surface area contributed by atoms with Crippen LogP contribution in [0, 0.1) is 5.41 Å². The van der Waals surface area contributed by atoms with Crippen LogP contribution < -0.4 is 10.6 Å². The molecule has 0 radical (unpaired) electrons. The maximum Gasteiger partial charge on any atom is 0.191 e. The van der Waals surface area contributed by atoms with Crippen LogP contribution in [0.15, 0.2) is 4.99 Å². The number of aliphatic imine (C=N–C) groups is 1. The van der Waals surface area contributed by atoms with Crippen molar-refractivity contribution in [2.24, 2.45) is 10.4 Å². The quantitative estimate of drug-likeness (QED) is 0.295. The highest BCUT2D eigenvalue weighted by Gasteiger charge is 2.36. The van der Waals surface area contributed by atoms with Gasteiger partial charge in [0.2, 0.25) is 0 Å². The number of guanidine groups is 1. The Kier molecular flexibility index (Phi) is 13.2. The molecule has 0 spiro atoms. The Morgan fingerprint density at radius 3 is 2.35 bits per heavy atom. The molecule has 0 bridgehead atoms. The second-order valence-corrected chi connectivity index (χ2v) is 6.25. The summed E-state index contributed by atoms with van der Waals surface area (Å²) in [5.74, 6) is 0.957. The molecule has 0 aromatic carbocycles. The molecule has 1 fully saturated rings. The fourth-order valence-corrected chi connectivity index (χ4v) is 2.94. The first-order valence-corrected chi connectivity index (χ1v) is 8.93. The third-order valence-electron chi connectivity index (χ3n) is 4.78. The molecule has 5 nitrogen and oxygen atoms in total. The van der Waals surface area contributed by atoms with Gasteiger partial charge < -0.3 is 20.3 Å². The van der Waals surface area contributed by atoms with E-state index >= 15 is 0 Å². The molecule has 138 valence electrons. The molecule has 0 aliphatic heterocycles. The van der Waals surface area contributed by atoms with E-state index in [0.29, 0.717) is 5.41 Å². The summed E-state index contributed by atoms with van der Waals surface area (Å²) in [6, 6.07) is 0.